The van der Waals surface area contributed by atoms with Crippen LogP contribution >= 0.6 is 23.4 Å². The number of halogens is 1. The first kappa shape index (κ1) is 21.9. The van der Waals surface area contributed by atoms with Crippen molar-refractivity contribution in [1.29, 1.82) is 0 Å². The summed E-state index contributed by atoms with van der Waals surface area (Å²) in [5.74, 6) is -0.0537. The van der Waals surface area contributed by atoms with Crippen molar-refractivity contribution in [2.75, 3.05) is 26.2 Å². The van der Waals surface area contributed by atoms with Crippen molar-refractivity contribution < 1.29 is 4.79 Å². The van der Waals surface area contributed by atoms with E-state index in [1.807, 2.05) is 43.3 Å². The molecule has 0 saturated carbocycles. The summed E-state index contributed by atoms with van der Waals surface area (Å²) in [6.45, 7) is 9.94. The maximum absolute atomic E-state index is 12.6. The Bertz CT molecular complexity index is 913. The number of carbonyl (C=O) groups excluding carboxylic acids is 1. The van der Waals surface area contributed by atoms with E-state index in [4.69, 9.17) is 16.6 Å². The summed E-state index contributed by atoms with van der Waals surface area (Å²) in [6.07, 6.45) is 2.38. The van der Waals surface area contributed by atoms with Gasteiger partial charge in [0.25, 0.3) is 5.91 Å². The highest BCUT2D eigenvalue weighted by atomic mass is 35.5. The van der Waals surface area contributed by atoms with Gasteiger partial charge in [-0.3, -0.25) is 9.79 Å². The van der Waals surface area contributed by atoms with E-state index in [0.717, 1.165) is 46.4 Å². The Morgan fingerprint density at radius 3 is 2.69 bits per heavy atom. The van der Waals surface area contributed by atoms with Crippen LogP contribution in [0.15, 0.2) is 51.2 Å². The minimum atomic E-state index is -0.0537. The number of carbonyl (C=O) groups is 1. The second-order valence-electron chi connectivity index (χ2n) is 7.17. The minimum absolute atomic E-state index is 0.0537. The third kappa shape index (κ3) is 5.62. The van der Waals surface area contributed by atoms with E-state index in [9.17, 15) is 4.79 Å². The summed E-state index contributed by atoms with van der Waals surface area (Å²) in [6, 6.07) is 11.6. The average Bonchev–Trinajstić information content (AvgIpc) is 2.85. The van der Waals surface area contributed by atoms with Crippen LogP contribution in [0.3, 0.4) is 0 Å². The molecule has 4 nitrogen and oxygen atoms in total. The summed E-state index contributed by atoms with van der Waals surface area (Å²) in [4.78, 5) is 21.9. The van der Waals surface area contributed by atoms with Crippen LogP contribution in [0.5, 0.6) is 0 Å². The molecule has 6 heteroatoms. The highest BCUT2D eigenvalue weighted by Gasteiger charge is 2.17. The molecule has 1 aliphatic heterocycles. The van der Waals surface area contributed by atoms with E-state index < -0.39 is 0 Å². The zero-order valence-corrected chi connectivity index (χ0v) is 18.9. The van der Waals surface area contributed by atoms with Crippen LogP contribution < -0.4 is 5.32 Å². The number of unbranched alkanes of at least 4 members (excludes halogenated alkanes) is 1. The van der Waals surface area contributed by atoms with Crippen molar-refractivity contribution in [3.63, 3.8) is 0 Å². The number of rotatable bonds is 8. The number of nitrogens with one attached hydrogen (secondary N) is 1. The van der Waals surface area contributed by atoms with E-state index >= 15 is 0 Å². The maximum atomic E-state index is 12.6. The zero-order valence-electron chi connectivity index (χ0n) is 17.3. The summed E-state index contributed by atoms with van der Waals surface area (Å²) < 4.78 is 0. The monoisotopic (exact) mass is 429 g/mol. The summed E-state index contributed by atoms with van der Waals surface area (Å²) in [5, 5.41) is 3.74. The lowest BCUT2D eigenvalue weighted by Gasteiger charge is -2.20. The van der Waals surface area contributed by atoms with Crippen LogP contribution in [0, 0.1) is 0 Å². The van der Waals surface area contributed by atoms with Gasteiger partial charge in [-0.1, -0.05) is 43.6 Å². The number of aliphatic imine (C=N–C) groups is 1. The molecule has 154 valence electrons. The van der Waals surface area contributed by atoms with Crippen LogP contribution in [0.25, 0.3) is 0 Å². The molecule has 0 aromatic heterocycles. The normalized spacial score (nSPS) is 12.8. The summed E-state index contributed by atoms with van der Waals surface area (Å²) in [5.41, 5.74) is 3.41. The van der Waals surface area contributed by atoms with E-state index in [-0.39, 0.29) is 5.91 Å². The van der Waals surface area contributed by atoms with Crippen LogP contribution in [0.2, 0.25) is 5.02 Å². The van der Waals surface area contributed by atoms with Gasteiger partial charge in [-0.05, 0) is 62.8 Å². The van der Waals surface area contributed by atoms with Crippen molar-refractivity contribution in [3.05, 3.63) is 52.5 Å². The standard InChI is InChI=1S/C23H28ClN3OS/c1-4-6-12-27(5-2)13-11-25-23(28)17-7-9-22-20(14-17)26-16(3)19-15-18(24)8-10-21(19)29-22/h7-10,14-15H,4-6,11-13H2,1-3H3,(H,25,28). The molecule has 1 aliphatic rings. The zero-order chi connectivity index (χ0) is 20.8. The van der Waals surface area contributed by atoms with Crippen molar-refractivity contribution in [1.82, 2.24) is 10.2 Å². The second kappa shape index (κ2) is 10.3. The summed E-state index contributed by atoms with van der Waals surface area (Å²) in [7, 11) is 0. The molecule has 29 heavy (non-hydrogen) atoms. The number of benzene rings is 2. The lowest BCUT2D eigenvalue weighted by molar-refractivity contribution is 0.0948. The number of hydrogen-bond donors (Lipinski definition) is 1. The largest absolute Gasteiger partial charge is 0.351 e. The third-order valence-electron chi connectivity index (χ3n) is 5.05. The molecule has 1 heterocycles. The molecule has 1 amide bonds. The molecule has 0 bridgehead atoms. The summed E-state index contributed by atoms with van der Waals surface area (Å²) >= 11 is 7.82. The molecule has 0 saturated heterocycles. The van der Waals surface area contributed by atoms with E-state index in [1.54, 1.807) is 11.8 Å². The smallest absolute Gasteiger partial charge is 0.251 e. The fourth-order valence-corrected chi connectivity index (χ4v) is 4.51. The molecule has 0 aliphatic carbocycles. The molecule has 1 N–H and O–H groups in total. The van der Waals surface area contributed by atoms with Crippen LogP contribution in [0.4, 0.5) is 5.69 Å². The molecule has 0 spiro atoms. The topological polar surface area (TPSA) is 44.7 Å². The number of fused-ring (bicyclic) bond motifs is 2. The second-order valence-corrected chi connectivity index (χ2v) is 8.69. The molecule has 0 unspecified atom stereocenters. The Labute approximate surface area is 182 Å². The number of nitrogens with zero attached hydrogens (tertiary/aromatic N) is 2. The molecule has 2 aromatic carbocycles. The molecule has 0 fully saturated rings. The Morgan fingerprint density at radius 2 is 1.93 bits per heavy atom. The first-order chi connectivity index (χ1) is 14.0. The molecule has 0 radical (unpaired) electrons. The quantitative estimate of drug-likeness (QED) is 0.576. The molecular weight excluding hydrogens is 402 g/mol. The Morgan fingerprint density at radius 1 is 1.14 bits per heavy atom. The van der Waals surface area contributed by atoms with E-state index in [1.165, 1.54) is 12.8 Å². The van der Waals surface area contributed by atoms with Crippen LogP contribution in [0.1, 0.15) is 49.5 Å². The molecule has 3 rings (SSSR count). The fourth-order valence-electron chi connectivity index (χ4n) is 3.30. The highest BCUT2D eigenvalue weighted by Crippen LogP contribution is 2.41. The van der Waals surface area contributed by atoms with Crippen LogP contribution in [-0.4, -0.2) is 42.7 Å². The van der Waals surface area contributed by atoms with Gasteiger partial charge in [-0.25, -0.2) is 0 Å². The Hall–Kier alpha value is -1.82. The number of amides is 1. The average molecular weight is 430 g/mol. The van der Waals surface area contributed by atoms with Gasteiger partial charge < -0.3 is 10.2 Å². The number of likely N-dealkylation sites (N-methyl/N-ethyl adjacent to an activating group) is 1. The highest BCUT2D eigenvalue weighted by molar-refractivity contribution is 7.99. The van der Waals surface area contributed by atoms with Crippen molar-refractivity contribution in [2.45, 2.75) is 43.4 Å². The van der Waals surface area contributed by atoms with Crippen molar-refractivity contribution in [3.8, 4) is 0 Å². The lowest BCUT2D eigenvalue weighted by atomic mass is 10.1. The molecular formula is C23H28ClN3OS. The van der Waals surface area contributed by atoms with Gasteiger partial charge >= 0.3 is 0 Å². The predicted octanol–water partition coefficient (Wildman–Crippen LogP) is 5.80. The van der Waals surface area contributed by atoms with Crippen molar-refractivity contribution in [2.24, 2.45) is 4.99 Å². The van der Waals surface area contributed by atoms with Gasteiger partial charge in [0, 0.05) is 44.7 Å². The first-order valence-electron chi connectivity index (χ1n) is 10.2. The van der Waals surface area contributed by atoms with Crippen LogP contribution in [-0.2, 0) is 0 Å². The SMILES string of the molecule is CCCCN(CC)CCNC(=O)c1ccc2c(c1)N=C(C)c1cc(Cl)ccc1S2. The third-order valence-corrected chi connectivity index (χ3v) is 6.43. The number of hydrogen-bond acceptors (Lipinski definition) is 4. The minimum Gasteiger partial charge on any atom is -0.351 e. The predicted molar refractivity (Wildman–Crippen MR) is 123 cm³/mol. The van der Waals surface area contributed by atoms with Gasteiger partial charge in [0.1, 0.15) is 0 Å². The molecule has 2 aromatic rings. The van der Waals surface area contributed by atoms with Gasteiger partial charge in [-0.15, -0.1) is 0 Å². The van der Waals surface area contributed by atoms with E-state index in [0.29, 0.717) is 17.1 Å². The Balaban J connectivity index is 1.70. The fraction of sp³-hybridized carbons (Fsp3) is 0.391. The van der Waals surface area contributed by atoms with Gasteiger partial charge in [0.15, 0.2) is 0 Å². The van der Waals surface area contributed by atoms with E-state index in [2.05, 4.69) is 24.1 Å². The Kier molecular flexibility index (Phi) is 7.76. The van der Waals surface area contributed by atoms with Gasteiger partial charge in [0.2, 0.25) is 0 Å². The first-order valence-corrected chi connectivity index (χ1v) is 11.4. The molecule has 0 atom stereocenters. The lowest BCUT2D eigenvalue weighted by Crippen LogP contribution is -2.35. The van der Waals surface area contributed by atoms with Crippen molar-refractivity contribution >= 4 is 40.7 Å². The van der Waals surface area contributed by atoms with Gasteiger partial charge in [-0.2, -0.15) is 0 Å². The maximum Gasteiger partial charge on any atom is 0.251 e. The van der Waals surface area contributed by atoms with Gasteiger partial charge in [0.05, 0.1) is 5.69 Å².